The molecule has 0 aromatic carbocycles. The number of aromatic nitrogens is 1. The fourth-order valence-corrected chi connectivity index (χ4v) is 2.89. The highest BCUT2D eigenvalue weighted by molar-refractivity contribution is 5.93. The molecule has 23 heavy (non-hydrogen) atoms. The molecule has 7 heteroatoms. The van der Waals surface area contributed by atoms with E-state index in [1.807, 2.05) is 13.0 Å². The smallest absolute Gasteiger partial charge is 0.356 e. The summed E-state index contributed by atoms with van der Waals surface area (Å²) in [5.74, 6) is -2.67. The van der Waals surface area contributed by atoms with Crippen LogP contribution in [0.25, 0.3) is 0 Å². The molecule has 0 N–H and O–H groups in total. The van der Waals surface area contributed by atoms with Crippen molar-refractivity contribution < 1.29 is 19.1 Å². The number of rotatable bonds is 2. The average molecular weight is 317 g/mol. The second-order valence-corrected chi connectivity index (χ2v) is 5.47. The largest absolute Gasteiger partial charge is 0.399 e. The number of nitrogens with zero attached hydrogens (tertiary/aromatic N) is 3. The Hall–Kier alpha value is -2.41. The molecular formula is C16H19N3O4. The van der Waals surface area contributed by atoms with Gasteiger partial charge in [0.25, 0.3) is 0 Å². The molecule has 122 valence electrons. The van der Waals surface area contributed by atoms with Crippen molar-refractivity contribution in [2.45, 2.75) is 19.3 Å². The highest BCUT2D eigenvalue weighted by atomic mass is 16.8. The van der Waals surface area contributed by atoms with Crippen LogP contribution < -0.4 is 4.90 Å². The maximum Gasteiger partial charge on any atom is 0.356 e. The van der Waals surface area contributed by atoms with E-state index in [4.69, 9.17) is 9.47 Å². The van der Waals surface area contributed by atoms with Crippen LogP contribution in [0.1, 0.15) is 13.3 Å². The van der Waals surface area contributed by atoms with Crippen LogP contribution in [0, 0.1) is 0 Å². The Morgan fingerprint density at radius 2 is 1.96 bits per heavy atom. The maximum atomic E-state index is 12.0. The van der Waals surface area contributed by atoms with Crippen LogP contribution in [0.5, 0.6) is 0 Å². The normalized spacial score (nSPS) is 21.5. The quantitative estimate of drug-likeness (QED) is 0.751. The van der Waals surface area contributed by atoms with Crippen molar-refractivity contribution in [3.63, 3.8) is 0 Å². The van der Waals surface area contributed by atoms with Gasteiger partial charge in [-0.3, -0.25) is 14.8 Å². The van der Waals surface area contributed by atoms with Gasteiger partial charge in [0, 0.05) is 31.4 Å². The van der Waals surface area contributed by atoms with Gasteiger partial charge < -0.3 is 9.47 Å². The van der Waals surface area contributed by atoms with Crippen molar-refractivity contribution in [1.29, 1.82) is 0 Å². The number of carbonyl (C=O) groups is 2. The van der Waals surface area contributed by atoms with E-state index < -0.39 is 17.8 Å². The van der Waals surface area contributed by atoms with Gasteiger partial charge in [-0.05, 0) is 25.1 Å². The number of esters is 2. The third-order valence-corrected chi connectivity index (χ3v) is 3.97. The summed E-state index contributed by atoms with van der Waals surface area (Å²) < 4.78 is 11.2. The zero-order valence-corrected chi connectivity index (χ0v) is 13.0. The lowest BCUT2D eigenvalue weighted by Crippen LogP contribution is -2.59. The number of ether oxygens (including phenoxy) is 2. The Morgan fingerprint density at radius 3 is 2.57 bits per heavy atom. The number of likely N-dealkylation sites (N-methyl/N-ethyl adjacent to an activating group) is 1. The van der Waals surface area contributed by atoms with Gasteiger partial charge in [0.2, 0.25) is 0 Å². The zero-order chi connectivity index (χ0) is 16.3. The summed E-state index contributed by atoms with van der Waals surface area (Å²) >= 11 is 0. The summed E-state index contributed by atoms with van der Waals surface area (Å²) in [6.45, 7) is 4.50. The second kappa shape index (κ2) is 6.37. The zero-order valence-electron chi connectivity index (χ0n) is 13.0. The van der Waals surface area contributed by atoms with Crippen molar-refractivity contribution in [3.05, 3.63) is 36.7 Å². The predicted molar refractivity (Wildman–Crippen MR) is 82.4 cm³/mol. The molecule has 2 aliphatic rings. The summed E-state index contributed by atoms with van der Waals surface area (Å²) in [6, 6.07) is 3.65. The first kappa shape index (κ1) is 15.5. The fraction of sp³-hybridized carbons (Fsp3) is 0.438. The van der Waals surface area contributed by atoms with E-state index in [0.29, 0.717) is 6.54 Å². The van der Waals surface area contributed by atoms with Crippen molar-refractivity contribution in [3.8, 4) is 0 Å². The number of pyridine rings is 1. The standard InChI is InChI=1S/C16H19N3O4/c1-2-18-9-4-10-19(13-5-3-8-17-11-13)16(12-18)22-14(20)6-7-15(21)23-16/h3,5-8,11H,2,4,9-10,12H2,1H3. The molecular weight excluding hydrogens is 298 g/mol. The van der Waals surface area contributed by atoms with Gasteiger partial charge in [0.15, 0.2) is 0 Å². The van der Waals surface area contributed by atoms with Gasteiger partial charge >= 0.3 is 17.8 Å². The maximum absolute atomic E-state index is 12.0. The lowest BCUT2D eigenvalue weighted by atomic mass is 10.3. The van der Waals surface area contributed by atoms with Gasteiger partial charge in [-0.25, -0.2) is 9.59 Å². The minimum absolute atomic E-state index is 0.289. The van der Waals surface area contributed by atoms with E-state index in [-0.39, 0.29) is 6.54 Å². The molecule has 1 fully saturated rings. The lowest BCUT2D eigenvalue weighted by molar-refractivity contribution is -0.223. The van der Waals surface area contributed by atoms with Crippen molar-refractivity contribution >= 4 is 17.6 Å². The molecule has 3 rings (SSSR count). The Bertz CT molecular complexity index is 597. The Balaban J connectivity index is 2.04. The number of hydrogen-bond donors (Lipinski definition) is 0. The molecule has 0 atom stereocenters. The van der Waals surface area contributed by atoms with E-state index in [1.54, 1.807) is 23.4 Å². The fourth-order valence-electron chi connectivity index (χ4n) is 2.89. The van der Waals surface area contributed by atoms with Gasteiger partial charge in [-0.1, -0.05) is 6.92 Å². The van der Waals surface area contributed by atoms with Crippen molar-refractivity contribution in [1.82, 2.24) is 9.88 Å². The van der Waals surface area contributed by atoms with Crippen LogP contribution in [0.15, 0.2) is 36.7 Å². The van der Waals surface area contributed by atoms with Crippen LogP contribution >= 0.6 is 0 Å². The first-order valence-electron chi connectivity index (χ1n) is 7.67. The van der Waals surface area contributed by atoms with Crippen LogP contribution in [0.2, 0.25) is 0 Å². The molecule has 0 unspecified atom stereocenters. The third kappa shape index (κ3) is 3.19. The summed E-state index contributed by atoms with van der Waals surface area (Å²) in [6.07, 6.45) is 6.38. The van der Waals surface area contributed by atoms with E-state index in [0.717, 1.165) is 37.3 Å². The molecule has 0 bridgehead atoms. The average Bonchev–Trinajstić information content (AvgIpc) is 2.81. The van der Waals surface area contributed by atoms with Crippen LogP contribution in [-0.2, 0) is 19.1 Å². The Labute approximate surface area is 134 Å². The van der Waals surface area contributed by atoms with Crippen molar-refractivity contribution in [2.75, 3.05) is 31.1 Å². The molecule has 1 aromatic heterocycles. The van der Waals surface area contributed by atoms with Gasteiger partial charge in [-0.15, -0.1) is 0 Å². The van der Waals surface area contributed by atoms with Crippen LogP contribution in [-0.4, -0.2) is 53.9 Å². The third-order valence-electron chi connectivity index (χ3n) is 3.97. The second-order valence-electron chi connectivity index (χ2n) is 5.47. The lowest BCUT2D eigenvalue weighted by Gasteiger charge is -2.41. The number of anilines is 1. The summed E-state index contributed by atoms with van der Waals surface area (Å²) in [4.78, 5) is 32.0. The van der Waals surface area contributed by atoms with Crippen LogP contribution in [0.4, 0.5) is 5.69 Å². The predicted octanol–water partition coefficient (Wildman–Crippen LogP) is 0.924. The minimum atomic E-state index is -1.48. The molecule has 0 saturated carbocycles. The molecule has 0 aliphatic carbocycles. The molecule has 2 aliphatic heterocycles. The van der Waals surface area contributed by atoms with Gasteiger partial charge in [0.05, 0.1) is 18.4 Å². The van der Waals surface area contributed by atoms with E-state index in [2.05, 4.69) is 9.88 Å². The topological polar surface area (TPSA) is 72.0 Å². The first-order valence-corrected chi connectivity index (χ1v) is 7.67. The molecule has 7 nitrogen and oxygen atoms in total. The van der Waals surface area contributed by atoms with E-state index in [9.17, 15) is 9.59 Å². The molecule has 0 radical (unpaired) electrons. The Kier molecular flexibility index (Phi) is 4.29. The van der Waals surface area contributed by atoms with Gasteiger partial charge in [0.1, 0.15) is 0 Å². The summed E-state index contributed by atoms with van der Waals surface area (Å²) in [7, 11) is 0. The Morgan fingerprint density at radius 1 is 1.22 bits per heavy atom. The van der Waals surface area contributed by atoms with Crippen molar-refractivity contribution in [2.24, 2.45) is 0 Å². The minimum Gasteiger partial charge on any atom is -0.399 e. The first-order chi connectivity index (χ1) is 11.1. The van der Waals surface area contributed by atoms with E-state index >= 15 is 0 Å². The number of hydrogen-bond acceptors (Lipinski definition) is 7. The highest BCUT2D eigenvalue weighted by Gasteiger charge is 2.48. The molecule has 1 spiro atoms. The van der Waals surface area contributed by atoms with Gasteiger partial charge in [-0.2, -0.15) is 0 Å². The SMILES string of the molecule is CCN1CCCN(c2cccnc2)C2(C1)OC(=O)C=CC(=O)O2. The highest BCUT2D eigenvalue weighted by Crippen LogP contribution is 2.31. The monoisotopic (exact) mass is 317 g/mol. The summed E-state index contributed by atoms with van der Waals surface area (Å²) in [5, 5.41) is 0. The molecule has 1 saturated heterocycles. The van der Waals surface area contributed by atoms with Crippen LogP contribution in [0.3, 0.4) is 0 Å². The molecule has 1 aromatic rings. The number of carbonyl (C=O) groups excluding carboxylic acids is 2. The molecule has 3 heterocycles. The summed E-state index contributed by atoms with van der Waals surface area (Å²) in [5.41, 5.74) is 0.743. The molecule has 0 amide bonds. The van der Waals surface area contributed by atoms with E-state index in [1.165, 1.54) is 0 Å².